The van der Waals surface area contributed by atoms with Gasteiger partial charge in [-0.05, 0) is 36.1 Å². The van der Waals surface area contributed by atoms with E-state index in [1.54, 1.807) is 0 Å². The molecule has 0 spiro atoms. The molecule has 0 fully saturated rings. The van der Waals surface area contributed by atoms with Crippen molar-refractivity contribution in [2.45, 2.75) is 26.3 Å². The van der Waals surface area contributed by atoms with Crippen LogP contribution in [0.4, 0.5) is 11.8 Å². The van der Waals surface area contributed by atoms with E-state index in [0.29, 0.717) is 5.95 Å². The zero-order valence-corrected chi connectivity index (χ0v) is 13.9. The molecule has 1 aliphatic heterocycles. The molecule has 3 rings (SSSR count). The third kappa shape index (κ3) is 3.02. The molecule has 1 aromatic carbocycles. The van der Waals surface area contributed by atoms with Crippen LogP contribution in [0.5, 0.6) is 0 Å². The van der Waals surface area contributed by atoms with Crippen molar-refractivity contribution in [3.05, 3.63) is 45.6 Å². The minimum atomic E-state index is 0.700. The lowest BCUT2D eigenvalue weighted by molar-refractivity contribution is 0.717. The van der Waals surface area contributed by atoms with Crippen molar-refractivity contribution in [3.63, 3.8) is 0 Å². The fraction of sp³-hybridized carbons (Fsp3) is 0.375. The van der Waals surface area contributed by atoms with Gasteiger partial charge in [-0.2, -0.15) is 4.98 Å². The molecule has 110 valence electrons. The number of rotatable bonds is 3. The first-order valence-corrected chi connectivity index (χ1v) is 8.07. The number of aromatic nitrogens is 2. The molecule has 0 radical (unpaired) electrons. The second kappa shape index (κ2) is 6.02. The predicted octanol–water partition coefficient (Wildman–Crippen LogP) is 3.41. The molecule has 0 amide bonds. The molecule has 0 saturated carbocycles. The third-order valence-electron chi connectivity index (χ3n) is 3.86. The van der Waals surface area contributed by atoms with Gasteiger partial charge in [0.05, 0.1) is 0 Å². The van der Waals surface area contributed by atoms with Crippen LogP contribution in [0.2, 0.25) is 0 Å². The van der Waals surface area contributed by atoms with Gasteiger partial charge in [0, 0.05) is 36.4 Å². The van der Waals surface area contributed by atoms with Crippen LogP contribution in [0.1, 0.15) is 23.7 Å². The zero-order chi connectivity index (χ0) is 14.8. The second-order valence-electron chi connectivity index (χ2n) is 5.23. The summed E-state index contributed by atoms with van der Waals surface area (Å²) in [6, 6.07) is 8.64. The van der Waals surface area contributed by atoms with Crippen LogP contribution in [-0.4, -0.2) is 23.6 Å². The highest BCUT2D eigenvalue weighted by Gasteiger charge is 2.18. The highest BCUT2D eigenvalue weighted by Crippen LogP contribution is 2.26. The minimum absolute atomic E-state index is 0.700. The molecule has 0 bridgehead atoms. The summed E-state index contributed by atoms with van der Waals surface area (Å²) in [6.45, 7) is 4.02. The molecule has 1 aliphatic rings. The van der Waals surface area contributed by atoms with Gasteiger partial charge in [-0.25, -0.2) is 4.98 Å². The highest BCUT2D eigenvalue weighted by atomic mass is 79.9. The normalized spacial score (nSPS) is 14.0. The van der Waals surface area contributed by atoms with Crippen LogP contribution in [0.25, 0.3) is 0 Å². The number of nitrogens with one attached hydrogen (secondary N) is 1. The van der Waals surface area contributed by atoms with Gasteiger partial charge in [0.25, 0.3) is 0 Å². The van der Waals surface area contributed by atoms with Crippen LogP contribution in [-0.2, 0) is 19.4 Å². The maximum absolute atomic E-state index is 4.61. The highest BCUT2D eigenvalue weighted by molar-refractivity contribution is 9.10. The molecule has 0 atom stereocenters. The van der Waals surface area contributed by atoms with E-state index in [2.05, 4.69) is 67.3 Å². The van der Waals surface area contributed by atoms with Crippen molar-refractivity contribution < 1.29 is 0 Å². The summed E-state index contributed by atoms with van der Waals surface area (Å²) in [5.41, 5.74) is 3.89. The smallest absolute Gasteiger partial charge is 0.224 e. The Kier molecular flexibility index (Phi) is 4.10. The molecular formula is C16H19BrN4. The molecule has 5 heteroatoms. The molecule has 1 aromatic heterocycles. The number of benzene rings is 1. The summed E-state index contributed by atoms with van der Waals surface area (Å²) in [4.78, 5) is 11.4. The summed E-state index contributed by atoms with van der Waals surface area (Å²) in [5.74, 6) is 1.71. The number of anilines is 2. The standard InChI is InChI=1S/C16H19BrN4/c1-3-14-9-15(20-16(18-2)19-14)21-7-6-11-8-13(17)5-4-12(11)10-21/h4-5,8-9H,3,6-7,10H2,1-2H3,(H,18,19,20). The number of nitrogens with zero attached hydrogens (tertiary/aromatic N) is 3. The summed E-state index contributed by atoms with van der Waals surface area (Å²) >= 11 is 3.55. The molecule has 2 aromatic rings. The predicted molar refractivity (Wildman–Crippen MR) is 89.9 cm³/mol. The van der Waals surface area contributed by atoms with E-state index in [0.717, 1.165) is 41.9 Å². The Morgan fingerprint density at radius 3 is 2.86 bits per heavy atom. The van der Waals surface area contributed by atoms with E-state index >= 15 is 0 Å². The lowest BCUT2D eigenvalue weighted by Gasteiger charge is -2.30. The Morgan fingerprint density at radius 1 is 1.24 bits per heavy atom. The summed E-state index contributed by atoms with van der Waals surface area (Å²) in [5, 5.41) is 3.05. The minimum Gasteiger partial charge on any atom is -0.357 e. The largest absolute Gasteiger partial charge is 0.357 e. The zero-order valence-electron chi connectivity index (χ0n) is 12.4. The second-order valence-corrected chi connectivity index (χ2v) is 6.14. The van der Waals surface area contributed by atoms with E-state index < -0.39 is 0 Å². The molecule has 0 saturated heterocycles. The third-order valence-corrected chi connectivity index (χ3v) is 4.35. The molecule has 4 nitrogen and oxygen atoms in total. The Bertz CT molecular complexity index is 634. The van der Waals surface area contributed by atoms with Crippen molar-refractivity contribution in [1.82, 2.24) is 9.97 Å². The van der Waals surface area contributed by atoms with E-state index in [9.17, 15) is 0 Å². The topological polar surface area (TPSA) is 41.1 Å². The van der Waals surface area contributed by atoms with Gasteiger partial charge >= 0.3 is 0 Å². The molecule has 0 aliphatic carbocycles. The Labute approximate surface area is 133 Å². The Hall–Kier alpha value is -1.62. The summed E-state index contributed by atoms with van der Waals surface area (Å²) in [6.07, 6.45) is 1.97. The number of hydrogen-bond acceptors (Lipinski definition) is 4. The van der Waals surface area contributed by atoms with Crippen molar-refractivity contribution in [2.24, 2.45) is 0 Å². The molecule has 1 N–H and O–H groups in total. The lowest BCUT2D eigenvalue weighted by Crippen LogP contribution is -2.31. The van der Waals surface area contributed by atoms with Crippen molar-refractivity contribution in [1.29, 1.82) is 0 Å². The average molecular weight is 347 g/mol. The molecule has 2 heterocycles. The molecular weight excluding hydrogens is 328 g/mol. The fourth-order valence-corrected chi connectivity index (χ4v) is 3.06. The maximum atomic E-state index is 4.61. The van der Waals surface area contributed by atoms with Gasteiger partial charge in [-0.15, -0.1) is 0 Å². The van der Waals surface area contributed by atoms with Crippen molar-refractivity contribution >= 4 is 27.7 Å². The monoisotopic (exact) mass is 346 g/mol. The lowest BCUT2D eigenvalue weighted by atomic mass is 10.00. The number of aryl methyl sites for hydroxylation is 1. The van der Waals surface area contributed by atoms with Gasteiger partial charge in [-0.1, -0.05) is 28.9 Å². The molecule has 0 unspecified atom stereocenters. The fourth-order valence-electron chi connectivity index (χ4n) is 2.66. The first-order valence-electron chi connectivity index (χ1n) is 7.27. The van der Waals surface area contributed by atoms with Crippen LogP contribution in [0.3, 0.4) is 0 Å². The number of fused-ring (bicyclic) bond motifs is 1. The van der Waals surface area contributed by atoms with Gasteiger partial charge in [-0.3, -0.25) is 0 Å². The van der Waals surface area contributed by atoms with Crippen molar-refractivity contribution in [3.8, 4) is 0 Å². The van der Waals surface area contributed by atoms with Gasteiger partial charge in [0.2, 0.25) is 5.95 Å². The average Bonchev–Trinajstić information content (AvgIpc) is 2.53. The van der Waals surface area contributed by atoms with Gasteiger partial charge in [0.15, 0.2) is 0 Å². The Morgan fingerprint density at radius 2 is 2.10 bits per heavy atom. The van der Waals surface area contributed by atoms with Crippen LogP contribution < -0.4 is 10.2 Å². The quantitative estimate of drug-likeness (QED) is 0.924. The number of halogens is 1. The van der Waals surface area contributed by atoms with E-state index in [1.807, 2.05) is 7.05 Å². The van der Waals surface area contributed by atoms with Crippen LogP contribution in [0.15, 0.2) is 28.7 Å². The molecule has 21 heavy (non-hydrogen) atoms. The summed E-state index contributed by atoms with van der Waals surface area (Å²) < 4.78 is 1.16. The van der Waals surface area contributed by atoms with E-state index in [-0.39, 0.29) is 0 Å². The summed E-state index contributed by atoms with van der Waals surface area (Å²) in [7, 11) is 1.86. The van der Waals surface area contributed by atoms with E-state index in [4.69, 9.17) is 0 Å². The van der Waals surface area contributed by atoms with E-state index in [1.165, 1.54) is 11.1 Å². The Balaban J connectivity index is 1.90. The number of hydrogen-bond donors (Lipinski definition) is 1. The first-order chi connectivity index (χ1) is 10.2. The van der Waals surface area contributed by atoms with Crippen LogP contribution in [0, 0.1) is 0 Å². The maximum Gasteiger partial charge on any atom is 0.224 e. The van der Waals surface area contributed by atoms with Gasteiger partial charge < -0.3 is 10.2 Å². The van der Waals surface area contributed by atoms with Crippen LogP contribution >= 0.6 is 15.9 Å². The van der Waals surface area contributed by atoms with Gasteiger partial charge in [0.1, 0.15) is 5.82 Å². The SMILES string of the molecule is CCc1cc(N2CCc3cc(Br)ccc3C2)nc(NC)n1. The first kappa shape index (κ1) is 14.3. The van der Waals surface area contributed by atoms with Crippen molar-refractivity contribution in [2.75, 3.05) is 23.8 Å².